The molecule has 0 bridgehead atoms. The number of nitrogens with one attached hydrogen (secondary N) is 2. The van der Waals surface area contributed by atoms with Crippen LogP contribution in [0.25, 0.3) is 11.3 Å². The van der Waals surface area contributed by atoms with E-state index in [2.05, 4.69) is 27.8 Å². The Morgan fingerprint density at radius 2 is 1.80 bits per heavy atom. The summed E-state index contributed by atoms with van der Waals surface area (Å²) in [6, 6.07) is 8.90. The van der Waals surface area contributed by atoms with E-state index < -0.39 is 0 Å². The fraction of sp³-hybridized carbons (Fsp3) is 0.643. The molecule has 3 aliphatic rings. The zero-order valence-corrected chi connectivity index (χ0v) is 21.4. The minimum absolute atomic E-state index is 0.425. The van der Waals surface area contributed by atoms with Gasteiger partial charge in [0.25, 0.3) is 0 Å². The van der Waals surface area contributed by atoms with Crippen molar-refractivity contribution >= 4 is 17.4 Å². The molecule has 5 rings (SSSR count). The average molecular weight is 499 g/mol. The van der Waals surface area contributed by atoms with Crippen LogP contribution in [-0.4, -0.2) is 55.0 Å². The number of pyridine rings is 2. The number of hydrogen-bond donors (Lipinski definition) is 2. The Labute approximate surface area is 214 Å². The summed E-state index contributed by atoms with van der Waals surface area (Å²) in [6.07, 6.45) is 12.8. The lowest BCUT2D eigenvalue weighted by molar-refractivity contribution is 0.0699. The molecule has 190 valence electrons. The molecule has 35 heavy (non-hydrogen) atoms. The van der Waals surface area contributed by atoms with Crippen molar-refractivity contribution in [1.82, 2.24) is 15.3 Å². The van der Waals surface area contributed by atoms with Crippen molar-refractivity contribution in [3.63, 3.8) is 0 Å². The van der Waals surface area contributed by atoms with E-state index in [-0.39, 0.29) is 0 Å². The third-order valence-corrected chi connectivity index (χ3v) is 8.15. The van der Waals surface area contributed by atoms with Crippen LogP contribution in [0.1, 0.15) is 57.1 Å². The fourth-order valence-corrected chi connectivity index (χ4v) is 5.84. The Morgan fingerprint density at radius 1 is 0.943 bits per heavy atom. The predicted molar refractivity (Wildman–Crippen MR) is 141 cm³/mol. The molecule has 0 unspecified atom stereocenters. The summed E-state index contributed by atoms with van der Waals surface area (Å²) in [5.74, 6) is 2.22. The van der Waals surface area contributed by atoms with Gasteiger partial charge in [-0.2, -0.15) is 0 Å². The SMILES string of the molecule is Clc1cnc(CC2CCC(NC[C@H]3CCCO3)CC2)cc1-c1cccc(NCC2CCOCC2)n1. The van der Waals surface area contributed by atoms with Gasteiger partial charge in [-0.15, -0.1) is 0 Å². The largest absolute Gasteiger partial charge is 0.381 e. The lowest BCUT2D eigenvalue weighted by Crippen LogP contribution is -2.38. The van der Waals surface area contributed by atoms with Crippen molar-refractivity contribution in [3.05, 3.63) is 41.2 Å². The first kappa shape index (κ1) is 24.9. The number of halogens is 1. The molecule has 1 saturated carbocycles. The Hall–Kier alpha value is -1.73. The molecule has 0 radical (unpaired) electrons. The molecule has 2 aromatic rings. The summed E-state index contributed by atoms with van der Waals surface area (Å²) in [5, 5.41) is 7.92. The molecule has 1 aliphatic carbocycles. The minimum atomic E-state index is 0.425. The topological polar surface area (TPSA) is 68.3 Å². The van der Waals surface area contributed by atoms with Crippen LogP contribution in [0.4, 0.5) is 5.82 Å². The number of anilines is 1. The highest BCUT2D eigenvalue weighted by Crippen LogP contribution is 2.31. The molecule has 0 spiro atoms. The maximum absolute atomic E-state index is 6.58. The zero-order valence-electron chi connectivity index (χ0n) is 20.7. The molecule has 2 N–H and O–H groups in total. The van der Waals surface area contributed by atoms with Crippen molar-refractivity contribution in [2.24, 2.45) is 11.8 Å². The Kier molecular flexibility index (Phi) is 8.90. The van der Waals surface area contributed by atoms with Crippen LogP contribution in [-0.2, 0) is 15.9 Å². The van der Waals surface area contributed by atoms with Gasteiger partial charge < -0.3 is 20.1 Å². The van der Waals surface area contributed by atoms with Crippen LogP contribution in [0.5, 0.6) is 0 Å². The number of hydrogen-bond acceptors (Lipinski definition) is 6. The molecular formula is C28H39ClN4O2. The van der Waals surface area contributed by atoms with Crippen molar-refractivity contribution in [3.8, 4) is 11.3 Å². The summed E-state index contributed by atoms with van der Waals surface area (Å²) in [4.78, 5) is 9.53. The van der Waals surface area contributed by atoms with E-state index in [1.165, 1.54) is 38.5 Å². The van der Waals surface area contributed by atoms with Crippen molar-refractivity contribution in [1.29, 1.82) is 0 Å². The quantitative estimate of drug-likeness (QED) is 0.475. The molecular weight excluding hydrogens is 460 g/mol. The Morgan fingerprint density at radius 3 is 2.60 bits per heavy atom. The van der Waals surface area contributed by atoms with Crippen LogP contribution in [0.3, 0.4) is 0 Å². The second kappa shape index (κ2) is 12.5. The highest BCUT2D eigenvalue weighted by Gasteiger charge is 2.24. The van der Waals surface area contributed by atoms with Crippen molar-refractivity contribution in [2.45, 2.75) is 69.9 Å². The first-order chi connectivity index (χ1) is 17.2. The minimum Gasteiger partial charge on any atom is -0.381 e. The van der Waals surface area contributed by atoms with Crippen LogP contribution in [0, 0.1) is 11.8 Å². The summed E-state index contributed by atoms with van der Waals surface area (Å²) in [5.41, 5.74) is 2.98. The summed E-state index contributed by atoms with van der Waals surface area (Å²) >= 11 is 6.58. The highest BCUT2D eigenvalue weighted by atomic mass is 35.5. The molecule has 7 heteroatoms. The van der Waals surface area contributed by atoms with Gasteiger partial charge in [0, 0.05) is 56.4 Å². The Bertz CT molecular complexity index is 938. The molecule has 3 fully saturated rings. The average Bonchev–Trinajstić information content (AvgIpc) is 3.43. The van der Waals surface area contributed by atoms with E-state index in [9.17, 15) is 0 Å². The number of rotatable bonds is 9. The highest BCUT2D eigenvalue weighted by molar-refractivity contribution is 6.33. The van der Waals surface area contributed by atoms with Gasteiger partial charge in [0.05, 0.1) is 16.8 Å². The predicted octanol–water partition coefficient (Wildman–Crippen LogP) is 5.51. The second-order valence-corrected chi connectivity index (χ2v) is 10.9. The number of ether oxygens (including phenoxy) is 2. The van der Waals surface area contributed by atoms with Gasteiger partial charge in [-0.05, 0) is 87.8 Å². The van der Waals surface area contributed by atoms with E-state index in [1.807, 2.05) is 12.1 Å². The first-order valence-corrected chi connectivity index (χ1v) is 13.9. The molecule has 6 nitrogen and oxygen atoms in total. The molecule has 0 aromatic carbocycles. The van der Waals surface area contributed by atoms with Crippen LogP contribution in [0.2, 0.25) is 5.02 Å². The number of aromatic nitrogens is 2. The maximum Gasteiger partial charge on any atom is 0.126 e. The van der Waals surface area contributed by atoms with Gasteiger partial charge in [0.15, 0.2) is 0 Å². The van der Waals surface area contributed by atoms with E-state index in [4.69, 9.17) is 26.1 Å². The van der Waals surface area contributed by atoms with Crippen LogP contribution >= 0.6 is 11.6 Å². The normalized spacial score (nSPS) is 25.6. The summed E-state index contributed by atoms with van der Waals surface area (Å²) < 4.78 is 11.2. The molecule has 1 atom stereocenters. The fourth-order valence-electron chi connectivity index (χ4n) is 5.64. The molecule has 4 heterocycles. The smallest absolute Gasteiger partial charge is 0.126 e. The molecule has 2 saturated heterocycles. The van der Waals surface area contributed by atoms with Gasteiger partial charge in [-0.1, -0.05) is 17.7 Å². The maximum atomic E-state index is 6.58. The van der Waals surface area contributed by atoms with Crippen LogP contribution < -0.4 is 10.6 Å². The Balaban J connectivity index is 1.15. The van der Waals surface area contributed by atoms with Crippen LogP contribution in [0.15, 0.2) is 30.5 Å². The van der Waals surface area contributed by atoms with Gasteiger partial charge in [0.2, 0.25) is 0 Å². The lowest BCUT2D eigenvalue weighted by atomic mass is 9.83. The van der Waals surface area contributed by atoms with Gasteiger partial charge in [-0.25, -0.2) is 4.98 Å². The molecule has 2 aromatic heterocycles. The van der Waals surface area contributed by atoms with Gasteiger partial charge >= 0.3 is 0 Å². The standard InChI is InChI=1S/C28H39ClN4O2/c29-26-19-31-23(15-20-6-8-22(9-7-20)30-18-24-3-2-12-35-24)16-25(26)27-4-1-5-28(33-27)32-17-21-10-13-34-14-11-21/h1,4-5,16,19-22,24,30H,2-3,6-15,17-18H2,(H,32,33)/t20?,22?,24-/m1/s1. The van der Waals surface area contributed by atoms with E-state index >= 15 is 0 Å². The molecule has 0 amide bonds. The van der Waals surface area contributed by atoms with E-state index in [0.29, 0.717) is 29.0 Å². The van der Waals surface area contributed by atoms with E-state index in [0.717, 1.165) is 74.9 Å². The second-order valence-electron chi connectivity index (χ2n) is 10.5. The third-order valence-electron chi connectivity index (χ3n) is 7.85. The van der Waals surface area contributed by atoms with Gasteiger partial charge in [-0.3, -0.25) is 4.98 Å². The summed E-state index contributed by atoms with van der Waals surface area (Å²) in [6.45, 7) is 4.60. The molecule has 2 aliphatic heterocycles. The summed E-state index contributed by atoms with van der Waals surface area (Å²) in [7, 11) is 0. The zero-order chi connectivity index (χ0) is 23.9. The lowest BCUT2D eigenvalue weighted by Gasteiger charge is -2.30. The third kappa shape index (κ3) is 7.16. The van der Waals surface area contributed by atoms with Crippen molar-refractivity contribution in [2.75, 3.05) is 38.2 Å². The first-order valence-electron chi connectivity index (χ1n) is 13.5. The van der Waals surface area contributed by atoms with Crippen molar-refractivity contribution < 1.29 is 9.47 Å². The number of nitrogens with zero attached hydrogens (tertiary/aromatic N) is 2. The monoisotopic (exact) mass is 498 g/mol. The van der Waals surface area contributed by atoms with Gasteiger partial charge in [0.1, 0.15) is 5.82 Å². The van der Waals surface area contributed by atoms with E-state index in [1.54, 1.807) is 6.20 Å².